The van der Waals surface area contributed by atoms with E-state index in [0.29, 0.717) is 0 Å². The molecular weight excluding hydrogens is 404 g/mol. The first-order valence-electron chi connectivity index (χ1n) is 9.11. The number of thiophene rings is 1. The number of carbonyl (C=O) groups is 2. The van der Waals surface area contributed by atoms with E-state index >= 15 is 0 Å². The van der Waals surface area contributed by atoms with Crippen molar-refractivity contribution in [1.82, 2.24) is 4.98 Å². The van der Waals surface area contributed by atoms with Gasteiger partial charge >= 0.3 is 5.97 Å². The summed E-state index contributed by atoms with van der Waals surface area (Å²) in [6, 6.07) is 10.0. The largest absolute Gasteiger partial charge is 0.453 e. The zero-order chi connectivity index (χ0) is 20.6. The van der Waals surface area contributed by atoms with Crippen molar-refractivity contribution >= 4 is 40.1 Å². The molecule has 0 spiro atoms. The zero-order valence-corrected chi connectivity index (χ0v) is 18.0. The van der Waals surface area contributed by atoms with E-state index in [4.69, 9.17) is 4.74 Å². The molecule has 1 aromatic carbocycles. The molecule has 1 aliphatic heterocycles. The molecule has 7 heteroatoms. The van der Waals surface area contributed by atoms with Gasteiger partial charge in [-0.1, -0.05) is 32.0 Å². The van der Waals surface area contributed by atoms with Crippen molar-refractivity contribution in [3.8, 4) is 10.6 Å². The van der Waals surface area contributed by atoms with Crippen LogP contribution in [0.3, 0.4) is 0 Å². The number of ether oxygens (including phenoxy) is 1. The number of allylic oxidation sites excluding steroid dienone is 1. The first-order chi connectivity index (χ1) is 13.9. The molecular formula is C22H20N2O3S2. The summed E-state index contributed by atoms with van der Waals surface area (Å²) >= 11 is 2.95. The number of esters is 1. The molecule has 0 saturated carbocycles. The summed E-state index contributed by atoms with van der Waals surface area (Å²) in [5.41, 5.74) is 4.04. The van der Waals surface area contributed by atoms with Gasteiger partial charge in [0.2, 0.25) is 0 Å². The van der Waals surface area contributed by atoms with Crippen molar-refractivity contribution in [2.24, 2.45) is 0 Å². The number of aromatic nitrogens is 1. The Labute approximate surface area is 177 Å². The van der Waals surface area contributed by atoms with E-state index in [1.54, 1.807) is 22.8 Å². The van der Waals surface area contributed by atoms with E-state index in [0.717, 1.165) is 22.0 Å². The molecule has 0 amide bonds. The van der Waals surface area contributed by atoms with Crippen LogP contribution in [0.1, 0.15) is 29.9 Å². The Morgan fingerprint density at radius 2 is 2.00 bits per heavy atom. The Bertz CT molecular complexity index is 1100. The van der Waals surface area contributed by atoms with E-state index in [9.17, 15) is 9.59 Å². The van der Waals surface area contributed by atoms with E-state index in [1.807, 2.05) is 47.0 Å². The number of rotatable bonds is 5. The van der Waals surface area contributed by atoms with Gasteiger partial charge in [0, 0.05) is 46.2 Å². The molecule has 2 aromatic heterocycles. The molecule has 4 rings (SSSR count). The number of nitrogens with zero attached hydrogens (tertiary/aromatic N) is 2. The smallest absolute Gasteiger partial charge is 0.358 e. The van der Waals surface area contributed by atoms with Crippen molar-refractivity contribution in [3.63, 3.8) is 0 Å². The Balaban J connectivity index is 1.43. The molecule has 0 bridgehead atoms. The van der Waals surface area contributed by atoms with Crippen molar-refractivity contribution in [2.45, 2.75) is 19.3 Å². The number of ketones is 1. The summed E-state index contributed by atoms with van der Waals surface area (Å²) in [4.78, 5) is 31.1. The van der Waals surface area contributed by atoms with Crippen molar-refractivity contribution < 1.29 is 14.3 Å². The summed E-state index contributed by atoms with van der Waals surface area (Å²) in [5.74, 6) is -0.842. The summed E-state index contributed by atoms with van der Waals surface area (Å²) in [6.45, 7) is 3.86. The number of thiazole rings is 1. The third-order valence-corrected chi connectivity index (χ3v) is 6.64. The average Bonchev–Trinajstić information content (AvgIpc) is 3.43. The Morgan fingerprint density at radius 1 is 1.21 bits per heavy atom. The third-order valence-electron chi connectivity index (χ3n) is 5.07. The second kappa shape index (κ2) is 7.57. The van der Waals surface area contributed by atoms with Gasteiger partial charge in [-0.3, -0.25) is 4.79 Å². The van der Waals surface area contributed by atoms with Crippen molar-refractivity contribution in [2.75, 3.05) is 18.6 Å². The van der Waals surface area contributed by atoms with Gasteiger partial charge in [0.25, 0.3) is 0 Å². The first kappa shape index (κ1) is 19.5. The van der Waals surface area contributed by atoms with Crippen LogP contribution in [0.4, 0.5) is 5.69 Å². The quantitative estimate of drug-likeness (QED) is 0.430. The SMILES string of the molecule is CN1C(=CC(=O)COC(=O)c2csc(-c3ccsc3)n2)C(C)(C)c2ccccc21. The molecule has 0 radical (unpaired) electrons. The van der Waals surface area contributed by atoms with Gasteiger partial charge in [0.1, 0.15) is 5.01 Å². The maximum atomic E-state index is 12.5. The molecule has 3 heterocycles. The van der Waals surface area contributed by atoms with Crippen LogP contribution in [0.2, 0.25) is 0 Å². The first-order valence-corrected chi connectivity index (χ1v) is 10.9. The predicted molar refractivity (Wildman–Crippen MR) is 117 cm³/mol. The molecule has 0 atom stereocenters. The van der Waals surface area contributed by atoms with Gasteiger partial charge in [-0.05, 0) is 23.1 Å². The summed E-state index contributed by atoms with van der Waals surface area (Å²) in [6.07, 6.45) is 1.57. The Kier molecular flexibility index (Phi) is 5.10. The molecule has 5 nitrogen and oxygen atoms in total. The average molecular weight is 425 g/mol. The van der Waals surface area contributed by atoms with Gasteiger partial charge in [-0.25, -0.2) is 9.78 Å². The fraction of sp³-hybridized carbons (Fsp3) is 0.227. The monoisotopic (exact) mass is 424 g/mol. The molecule has 0 fully saturated rings. The van der Waals surface area contributed by atoms with Crippen LogP contribution in [0, 0.1) is 0 Å². The number of hydrogen-bond donors (Lipinski definition) is 0. The molecule has 0 unspecified atom stereocenters. The third kappa shape index (κ3) is 3.63. The number of fused-ring (bicyclic) bond motifs is 1. The zero-order valence-electron chi connectivity index (χ0n) is 16.3. The van der Waals surface area contributed by atoms with Gasteiger partial charge in [-0.15, -0.1) is 11.3 Å². The fourth-order valence-electron chi connectivity index (χ4n) is 3.55. The standard InChI is InChI=1S/C22H20N2O3S2/c1-22(2)16-6-4-5-7-18(16)24(3)19(22)10-15(25)11-27-21(26)17-13-29-20(23-17)14-8-9-28-12-14/h4-10,12-13H,11H2,1-3H3. The van der Waals surface area contributed by atoms with Crippen LogP contribution in [-0.4, -0.2) is 30.4 Å². The van der Waals surface area contributed by atoms with E-state index in [2.05, 4.69) is 24.9 Å². The van der Waals surface area contributed by atoms with Gasteiger partial charge in [0.05, 0.1) is 0 Å². The normalized spacial score (nSPS) is 16.1. The lowest BCUT2D eigenvalue weighted by atomic mass is 9.83. The highest BCUT2D eigenvalue weighted by atomic mass is 32.1. The molecule has 0 aliphatic carbocycles. The number of carbonyl (C=O) groups excluding carboxylic acids is 2. The molecule has 1 aliphatic rings. The van der Waals surface area contributed by atoms with Crippen LogP contribution < -0.4 is 4.90 Å². The summed E-state index contributed by atoms with van der Waals surface area (Å²) in [5, 5.41) is 6.35. The Morgan fingerprint density at radius 3 is 2.72 bits per heavy atom. The minimum atomic E-state index is -0.586. The summed E-state index contributed by atoms with van der Waals surface area (Å²) < 4.78 is 5.21. The maximum absolute atomic E-state index is 12.5. The van der Waals surface area contributed by atoms with Crippen molar-refractivity contribution in [1.29, 1.82) is 0 Å². The minimum Gasteiger partial charge on any atom is -0.453 e. The molecule has 3 aromatic rings. The van der Waals surface area contributed by atoms with E-state index in [-0.39, 0.29) is 23.5 Å². The summed E-state index contributed by atoms with van der Waals surface area (Å²) in [7, 11) is 1.94. The maximum Gasteiger partial charge on any atom is 0.358 e. The lowest BCUT2D eigenvalue weighted by molar-refractivity contribution is -0.117. The number of benzene rings is 1. The lowest BCUT2D eigenvalue weighted by Crippen LogP contribution is -2.25. The minimum absolute atomic E-state index is 0.224. The highest BCUT2D eigenvalue weighted by molar-refractivity contribution is 7.14. The van der Waals surface area contributed by atoms with E-state index < -0.39 is 5.97 Å². The van der Waals surface area contributed by atoms with Gasteiger partial charge < -0.3 is 9.64 Å². The van der Waals surface area contributed by atoms with Crippen LogP contribution in [-0.2, 0) is 14.9 Å². The number of para-hydroxylation sites is 1. The molecule has 148 valence electrons. The van der Waals surface area contributed by atoms with Crippen molar-refractivity contribution in [3.05, 3.63) is 69.5 Å². The predicted octanol–water partition coefficient (Wildman–Crippen LogP) is 4.91. The molecule has 29 heavy (non-hydrogen) atoms. The molecule has 0 saturated heterocycles. The second-order valence-corrected chi connectivity index (χ2v) is 8.96. The van der Waals surface area contributed by atoms with Gasteiger partial charge in [0.15, 0.2) is 18.1 Å². The van der Waals surface area contributed by atoms with E-state index in [1.165, 1.54) is 16.9 Å². The topological polar surface area (TPSA) is 59.5 Å². The highest BCUT2D eigenvalue weighted by Gasteiger charge is 2.38. The fourth-order valence-corrected chi connectivity index (χ4v) is 5.05. The van der Waals surface area contributed by atoms with Crippen LogP contribution in [0.25, 0.3) is 10.6 Å². The highest BCUT2D eigenvalue weighted by Crippen LogP contribution is 2.46. The van der Waals surface area contributed by atoms with Crippen LogP contribution >= 0.6 is 22.7 Å². The number of anilines is 1. The number of hydrogen-bond acceptors (Lipinski definition) is 7. The Hall–Kier alpha value is -2.77. The lowest BCUT2D eigenvalue weighted by Gasteiger charge is -2.23. The molecule has 0 N–H and O–H groups in total. The second-order valence-electron chi connectivity index (χ2n) is 7.32. The van der Waals surface area contributed by atoms with Crippen LogP contribution in [0.15, 0.2) is 58.2 Å². The number of likely N-dealkylation sites (N-methyl/N-ethyl adjacent to an activating group) is 1. The van der Waals surface area contributed by atoms with Crippen LogP contribution in [0.5, 0.6) is 0 Å². The van der Waals surface area contributed by atoms with Gasteiger partial charge in [-0.2, -0.15) is 11.3 Å².